The Morgan fingerprint density at radius 1 is 1.53 bits per heavy atom. The fourth-order valence-corrected chi connectivity index (χ4v) is 2.36. The average molecular weight is 218 g/mol. The Kier molecular flexibility index (Phi) is 2.87. The van der Waals surface area contributed by atoms with E-state index in [9.17, 15) is 4.79 Å². The van der Waals surface area contributed by atoms with E-state index in [1.54, 1.807) is 6.20 Å². The van der Waals surface area contributed by atoms with Crippen molar-refractivity contribution < 1.29 is 4.79 Å². The first-order valence-electron chi connectivity index (χ1n) is 4.69. The number of carbonyl (C=O) groups is 1. The van der Waals surface area contributed by atoms with Gasteiger partial charge in [0.2, 0.25) is 0 Å². The lowest BCUT2D eigenvalue weighted by Crippen LogP contribution is -1.85. The van der Waals surface area contributed by atoms with E-state index < -0.39 is 0 Å². The number of nitrogens with zero attached hydrogens (tertiary/aromatic N) is 2. The molecular weight excluding hydrogens is 208 g/mol. The van der Waals surface area contributed by atoms with Gasteiger partial charge in [0.25, 0.3) is 0 Å². The molecule has 0 saturated carbocycles. The lowest BCUT2D eigenvalue weighted by atomic mass is 10.1. The topological polar surface area (TPSA) is 42.9 Å². The number of hydrogen-bond acceptors (Lipinski definition) is 4. The zero-order valence-electron chi connectivity index (χ0n) is 8.30. The van der Waals surface area contributed by atoms with Crippen LogP contribution >= 0.6 is 11.3 Å². The van der Waals surface area contributed by atoms with Crippen LogP contribution in [0.1, 0.15) is 21.5 Å². The van der Waals surface area contributed by atoms with Crippen molar-refractivity contribution >= 4 is 17.6 Å². The number of aryl methyl sites for hydroxylation is 1. The first-order valence-corrected chi connectivity index (χ1v) is 5.51. The van der Waals surface area contributed by atoms with Gasteiger partial charge in [-0.3, -0.25) is 4.79 Å². The summed E-state index contributed by atoms with van der Waals surface area (Å²) in [5, 5.41) is 0. The van der Waals surface area contributed by atoms with Crippen LogP contribution in [0.2, 0.25) is 0 Å². The number of aromatic nitrogens is 2. The summed E-state index contributed by atoms with van der Waals surface area (Å²) >= 11 is 1.53. The second-order valence-electron chi connectivity index (χ2n) is 3.05. The fraction of sp³-hybridized carbons (Fsp3) is 0.182. The predicted molar refractivity (Wildman–Crippen MR) is 60.1 cm³/mol. The van der Waals surface area contributed by atoms with E-state index in [1.807, 2.05) is 12.1 Å². The van der Waals surface area contributed by atoms with Gasteiger partial charge in [-0.05, 0) is 18.6 Å². The summed E-state index contributed by atoms with van der Waals surface area (Å²) in [5.74, 6) is 0. The van der Waals surface area contributed by atoms with Crippen molar-refractivity contribution in [1.29, 1.82) is 0 Å². The zero-order chi connectivity index (χ0) is 10.7. The molecule has 0 aromatic carbocycles. The van der Waals surface area contributed by atoms with E-state index in [2.05, 4.69) is 16.9 Å². The van der Waals surface area contributed by atoms with Gasteiger partial charge in [-0.1, -0.05) is 6.92 Å². The Hall–Kier alpha value is -1.55. The van der Waals surface area contributed by atoms with E-state index in [0.29, 0.717) is 0 Å². The van der Waals surface area contributed by atoms with Gasteiger partial charge in [-0.2, -0.15) is 0 Å². The SMILES string of the molecule is CCc1sc(C=O)cc1-c1ccncn1. The van der Waals surface area contributed by atoms with Gasteiger partial charge in [0.05, 0.1) is 10.6 Å². The first kappa shape index (κ1) is 9.98. The number of thiophene rings is 1. The highest BCUT2D eigenvalue weighted by molar-refractivity contribution is 7.14. The van der Waals surface area contributed by atoms with Crippen LogP contribution in [0.4, 0.5) is 0 Å². The number of rotatable bonds is 3. The number of hydrogen-bond donors (Lipinski definition) is 0. The molecule has 0 unspecified atom stereocenters. The van der Waals surface area contributed by atoms with Gasteiger partial charge in [0.15, 0.2) is 6.29 Å². The normalized spacial score (nSPS) is 10.2. The minimum absolute atomic E-state index is 0.750. The molecule has 0 fully saturated rings. The number of aldehydes is 1. The summed E-state index contributed by atoms with van der Waals surface area (Å²) in [6.45, 7) is 2.07. The molecule has 0 aliphatic rings. The monoisotopic (exact) mass is 218 g/mol. The van der Waals surface area contributed by atoms with Crippen molar-refractivity contribution in [3.05, 3.63) is 34.4 Å². The molecule has 2 rings (SSSR count). The molecule has 0 amide bonds. The van der Waals surface area contributed by atoms with Crippen LogP contribution in [-0.4, -0.2) is 16.3 Å². The number of carbonyl (C=O) groups excluding carboxylic acids is 1. The minimum atomic E-state index is 0.750. The minimum Gasteiger partial charge on any atom is -0.297 e. The zero-order valence-corrected chi connectivity index (χ0v) is 9.12. The molecular formula is C11H10N2OS. The summed E-state index contributed by atoms with van der Waals surface area (Å²) in [7, 11) is 0. The summed E-state index contributed by atoms with van der Waals surface area (Å²) in [6.07, 6.45) is 5.03. The fourth-order valence-electron chi connectivity index (χ4n) is 1.44. The van der Waals surface area contributed by atoms with Crippen LogP contribution < -0.4 is 0 Å². The van der Waals surface area contributed by atoms with Crippen molar-refractivity contribution in [2.24, 2.45) is 0 Å². The molecule has 0 aliphatic carbocycles. The Bertz CT molecular complexity index is 465. The molecule has 3 nitrogen and oxygen atoms in total. The average Bonchev–Trinajstić information content (AvgIpc) is 2.73. The summed E-state index contributed by atoms with van der Waals surface area (Å²) in [4.78, 5) is 20.7. The van der Waals surface area contributed by atoms with Crippen molar-refractivity contribution in [3.63, 3.8) is 0 Å². The molecule has 0 radical (unpaired) electrons. The van der Waals surface area contributed by atoms with Crippen LogP contribution in [0, 0.1) is 0 Å². The Morgan fingerprint density at radius 2 is 2.40 bits per heavy atom. The largest absolute Gasteiger partial charge is 0.297 e. The summed E-state index contributed by atoms with van der Waals surface area (Å²) in [5.41, 5.74) is 1.93. The molecule has 4 heteroatoms. The van der Waals surface area contributed by atoms with Crippen LogP contribution in [-0.2, 0) is 6.42 Å². The molecule has 2 aromatic heterocycles. The smallest absolute Gasteiger partial charge is 0.160 e. The van der Waals surface area contributed by atoms with Crippen LogP contribution in [0.3, 0.4) is 0 Å². The van der Waals surface area contributed by atoms with E-state index in [4.69, 9.17) is 0 Å². The van der Waals surface area contributed by atoms with Crippen molar-refractivity contribution in [3.8, 4) is 11.3 Å². The highest BCUT2D eigenvalue weighted by Gasteiger charge is 2.09. The van der Waals surface area contributed by atoms with Gasteiger partial charge >= 0.3 is 0 Å². The Balaban J connectivity index is 2.52. The third-order valence-corrected chi connectivity index (χ3v) is 3.33. The second kappa shape index (κ2) is 4.31. The molecule has 0 saturated heterocycles. The van der Waals surface area contributed by atoms with Gasteiger partial charge in [0, 0.05) is 16.6 Å². The van der Waals surface area contributed by atoms with Crippen LogP contribution in [0.15, 0.2) is 24.7 Å². The maximum Gasteiger partial charge on any atom is 0.160 e. The van der Waals surface area contributed by atoms with Gasteiger partial charge in [-0.15, -0.1) is 11.3 Å². The van der Waals surface area contributed by atoms with E-state index in [0.717, 1.165) is 28.8 Å². The summed E-state index contributed by atoms with van der Waals surface area (Å²) in [6, 6.07) is 3.74. The molecule has 15 heavy (non-hydrogen) atoms. The lowest BCUT2D eigenvalue weighted by Gasteiger charge is -1.98. The standard InChI is InChI=1S/C11H10N2OS/c1-2-11-9(5-8(6-14)15-11)10-3-4-12-7-13-10/h3-7H,2H2,1H3. The molecule has 0 bridgehead atoms. The Morgan fingerprint density at radius 3 is 3.00 bits per heavy atom. The first-order chi connectivity index (χ1) is 7.35. The van der Waals surface area contributed by atoms with Crippen LogP contribution in [0.25, 0.3) is 11.3 Å². The molecule has 76 valence electrons. The van der Waals surface area contributed by atoms with Gasteiger partial charge < -0.3 is 0 Å². The predicted octanol–water partition coefficient (Wildman–Crippen LogP) is 2.58. The Labute approximate surface area is 91.8 Å². The van der Waals surface area contributed by atoms with Gasteiger partial charge in [-0.25, -0.2) is 9.97 Å². The molecule has 2 heterocycles. The third-order valence-electron chi connectivity index (χ3n) is 2.12. The van der Waals surface area contributed by atoms with Crippen molar-refractivity contribution in [2.75, 3.05) is 0 Å². The molecule has 0 atom stereocenters. The molecule has 2 aromatic rings. The van der Waals surface area contributed by atoms with Crippen molar-refractivity contribution in [1.82, 2.24) is 9.97 Å². The highest BCUT2D eigenvalue weighted by atomic mass is 32.1. The van der Waals surface area contributed by atoms with Crippen molar-refractivity contribution in [2.45, 2.75) is 13.3 Å². The molecule has 0 N–H and O–H groups in total. The molecule has 0 spiro atoms. The maximum atomic E-state index is 10.7. The van der Waals surface area contributed by atoms with Crippen LogP contribution in [0.5, 0.6) is 0 Å². The van der Waals surface area contributed by atoms with E-state index in [1.165, 1.54) is 22.5 Å². The lowest BCUT2D eigenvalue weighted by molar-refractivity contribution is 0.112. The van der Waals surface area contributed by atoms with E-state index >= 15 is 0 Å². The third kappa shape index (κ3) is 1.94. The van der Waals surface area contributed by atoms with Gasteiger partial charge in [0.1, 0.15) is 6.33 Å². The summed E-state index contributed by atoms with van der Waals surface area (Å²) < 4.78 is 0. The quantitative estimate of drug-likeness (QED) is 0.744. The molecule has 0 aliphatic heterocycles. The second-order valence-corrected chi connectivity index (χ2v) is 4.22. The van der Waals surface area contributed by atoms with E-state index in [-0.39, 0.29) is 0 Å². The maximum absolute atomic E-state index is 10.7. The highest BCUT2D eigenvalue weighted by Crippen LogP contribution is 2.29.